The van der Waals surface area contributed by atoms with Gasteiger partial charge in [0.05, 0.1) is 25.2 Å². The number of nitrogens with zero attached hydrogens (tertiary/aromatic N) is 1. The van der Waals surface area contributed by atoms with E-state index in [1.54, 1.807) is 7.11 Å². The summed E-state index contributed by atoms with van der Waals surface area (Å²) >= 11 is 0. The van der Waals surface area contributed by atoms with E-state index in [2.05, 4.69) is 46.7 Å². The number of hydrogen-bond donors (Lipinski definition) is 1. The van der Waals surface area contributed by atoms with Gasteiger partial charge < -0.3 is 14.8 Å². The van der Waals surface area contributed by atoms with Crippen molar-refractivity contribution in [2.24, 2.45) is 5.92 Å². The SMILES string of the molecule is COc1ccc2nccc(CCCc3ccc(CCCOC(=O)[C@@H]4CCCNC4)cc3)c2c1. The highest BCUT2D eigenvalue weighted by Gasteiger charge is 2.21. The van der Waals surface area contributed by atoms with Crippen LogP contribution in [0.3, 0.4) is 0 Å². The Balaban J connectivity index is 1.20. The fourth-order valence-corrected chi connectivity index (χ4v) is 4.50. The van der Waals surface area contributed by atoms with Crippen LogP contribution in [0.2, 0.25) is 0 Å². The lowest BCUT2D eigenvalue weighted by molar-refractivity contribution is -0.149. The smallest absolute Gasteiger partial charge is 0.310 e. The molecule has 2 aromatic carbocycles. The average Bonchev–Trinajstić information content (AvgIpc) is 2.87. The highest BCUT2D eigenvalue weighted by molar-refractivity contribution is 5.83. The van der Waals surface area contributed by atoms with Crippen LogP contribution in [0.25, 0.3) is 10.9 Å². The first-order valence-electron chi connectivity index (χ1n) is 12.1. The van der Waals surface area contributed by atoms with Crippen LogP contribution in [0.5, 0.6) is 5.75 Å². The zero-order valence-corrected chi connectivity index (χ0v) is 19.5. The molecular formula is C28H34N2O3. The summed E-state index contributed by atoms with van der Waals surface area (Å²) < 4.78 is 10.9. The van der Waals surface area contributed by atoms with Crippen molar-refractivity contribution < 1.29 is 14.3 Å². The normalized spacial score (nSPS) is 16.0. The summed E-state index contributed by atoms with van der Waals surface area (Å²) in [4.78, 5) is 16.6. The number of ether oxygens (including phenoxy) is 2. The van der Waals surface area contributed by atoms with E-state index in [1.807, 2.05) is 18.3 Å². The monoisotopic (exact) mass is 446 g/mol. The fraction of sp³-hybridized carbons (Fsp3) is 0.429. The maximum Gasteiger partial charge on any atom is 0.310 e. The maximum atomic E-state index is 12.1. The Bertz CT molecular complexity index is 1040. The van der Waals surface area contributed by atoms with Gasteiger partial charge in [-0.25, -0.2) is 0 Å². The Morgan fingerprint density at radius 2 is 1.82 bits per heavy atom. The molecule has 1 aromatic heterocycles. The van der Waals surface area contributed by atoms with E-state index < -0.39 is 0 Å². The molecule has 5 heteroatoms. The van der Waals surface area contributed by atoms with Crippen LogP contribution in [0, 0.1) is 5.92 Å². The van der Waals surface area contributed by atoms with Crippen molar-refractivity contribution in [3.05, 3.63) is 71.4 Å². The van der Waals surface area contributed by atoms with Crippen molar-refractivity contribution in [1.29, 1.82) is 0 Å². The summed E-state index contributed by atoms with van der Waals surface area (Å²) in [5, 5.41) is 4.44. The molecular weight excluding hydrogens is 412 g/mol. The quantitative estimate of drug-likeness (QED) is 0.355. The molecule has 5 nitrogen and oxygen atoms in total. The molecule has 3 aromatic rings. The van der Waals surface area contributed by atoms with E-state index >= 15 is 0 Å². The molecule has 0 aliphatic carbocycles. The number of rotatable bonds is 10. The minimum absolute atomic E-state index is 0.0326. The number of aromatic nitrogens is 1. The molecule has 0 radical (unpaired) electrons. The molecule has 0 unspecified atom stereocenters. The predicted octanol–water partition coefficient (Wildman–Crippen LogP) is 4.89. The van der Waals surface area contributed by atoms with Crippen molar-refractivity contribution in [2.45, 2.75) is 44.9 Å². The molecule has 0 spiro atoms. The van der Waals surface area contributed by atoms with Crippen molar-refractivity contribution >= 4 is 16.9 Å². The van der Waals surface area contributed by atoms with Crippen molar-refractivity contribution in [1.82, 2.24) is 10.3 Å². The van der Waals surface area contributed by atoms with E-state index in [1.165, 1.54) is 22.1 Å². The molecule has 0 bridgehead atoms. The molecule has 1 fully saturated rings. The molecule has 1 aliphatic heterocycles. The molecule has 2 heterocycles. The summed E-state index contributed by atoms with van der Waals surface area (Å²) in [6.07, 6.45) is 8.82. The van der Waals surface area contributed by atoms with Crippen LogP contribution in [-0.4, -0.2) is 37.8 Å². The largest absolute Gasteiger partial charge is 0.497 e. The second kappa shape index (κ2) is 11.8. The zero-order chi connectivity index (χ0) is 22.9. The Morgan fingerprint density at radius 3 is 2.55 bits per heavy atom. The van der Waals surface area contributed by atoms with Gasteiger partial charge in [-0.15, -0.1) is 0 Å². The topological polar surface area (TPSA) is 60.5 Å². The number of piperidine rings is 1. The van der Waals surface area contributed by atoms with Crippen molar-refractivity contribution in [2.75, 3.05) is 26.8 Å². The van der Waals surface area contributed by atoms with E-state index in [-0.39, 0.29) is 11.9 Å². The summed E-state index contributed by atoms with van der Waals surface area (Å²) in [5.41, 5.74) is 4.97. The number of pyridine rings is 1. The Hall–Kier alpha value is -2.92. The number of aryl methyl sites for hydroxylation is 3. The maximum absolute atomic E-state index is 12.1. The third kappa shape index (κ3) is 6.55. The van der Waals surface area contributed by atoms with Crippen LogP contribution in [0.1, 0.15) is 42.4 Å². The van der Waals surface area contributed by atoms with Crippen LogP contribution < -0.4 is 10.1 Å². The number of benzene rings is 2. The van der Waals surface area contributed by atoms with Gasteiger partial charge in [0.2, 0.25) is 0 Å². The molecule has 1 saturated heterocycles. The van der Waals surface area contributed by atoms with Gasteiger partial charge in [-0.3, -0.25) is 9.78 Å². The summed E-state index contributed by atoms with van der Waals surface area (Å²) in [6, 6.07) is 17.0. The molecule has 0 amide bonds. The highest BCUT2D eigenvalue weighted by atomic mass is 16.5. The second-order valence-corrected chi connectivity index (χ2v) is 8.84. The Labute approximate surface area is 196 Å². The van der Waals surface area contributed by atoms with Crippen LogP contribution >= 0.6 is 0 Å². The predicted molar refractivity (Wildman–Crippen MR) is 132 cm³/mol. The van der Waals surface area contributed by atoms with Crippen LogP contribution in [0.4, 0.5) is 0 Å². The highest BCUT2D eigenvalue weighted by Crippen LogP contribution is 2.24. The van der Waals surface area contributed by atoms with E-state index in [9.17, 15) is 4.79 Å². The second-order valence-electron chi connectivity index (χ2n) is 8.84. The van der Waals surface area contributed by atoms with E-state index in [4.69, 9.17) is 9.47 Å². The van der Waals surface area contributed by atoms with Crippen molar-refractivity contribution in [3.63, 3.8) is 0 Å². The van der Waals surface area contributed by atoms with Gasteiger partial charge in [-0.05, 0) is 92.4 Å². The molecule has 0 saturated carbocycles. The van der Waals surface area contributed by atoms with Gasteiger partial charge in [0.1, 0.15) is 5.75 Å². The van der Waals surface area contributed by atoms with Crippen LogP contribution in [-0.2, 0) is 28.8 Å². The molecule has 1 atom stereocenters. The minimum atomic E-state index is -0.0435. The summed E-state index contributed by atoms with van der Waals surface area (Å²) in [7, 11) is 1.70. The Morgan fingerprint density at radius 1 is 1.03 bits per heavy atom. The molecule has 1 aliphatic rings. The van der Waals surface area contributed by atoms with Crippen molar-refractivity contribution in [3.8, 4) is 5.75 Å². The molecule has 33 heavy (non-hydrogen) atoms. The zero-order valence-electron chi connectivity index (χ0n) is 19.5. The number of methoxy groups -OCH3 is 1. The van der Waals surface area contributed by atoms with Gasteiger partial charge in [0.25, 0.3) is 0 Å². The number of carbonyl (C=O) groups excluding carboxylic acids is 1. The molecule has 174 valence electrons. The average molecular weight is 447 g/mol. The van der Waals surface area contributed by atoms with Gasteiger partial charge in [-0.1, -0.05) is 24.3 Å². The fourth-order valence-electron chi connectivity index (χ4n) is 4.50. The first-order valence-corrected chi connectivity index (χ1v) is 12.1. The number of fused-ring (bicyclic) bond motifs is 1. The third-order valence-corrected chi connectivity index (χ3v) is 6.46. The lowest BCUT2D eigenvalue weighted by atomic mass is 9.99. The third-order valence-electron chi connectivity index (χ3n) is 6.46. The summed E-state index contributed by atoms with van der Waals surface area (Å²) in [6.45, 7) is 2.27. The minimum Gasteiger partial charge on any atom is -0.497 e. The van der Waals surface area contributed by atoms with Gasteiger partial charge in [0, 0.05) is 18.1 Å². The summed E-state index contributed by atoms with van der Waals surface area (Å²) in [5.74, 6) is 0.858. The van der Waals surface area contributed by atoms with Gasteiger partial charge in [0.15, 0.2) is 0 Å². The molecule has 4 rings (SSSR count). The first-order chi connectivity index (χ1) is 16.2. The first kappa shape index (κ1) is 23.2. The standard InChI is InChI=1S/C28H34N2O3/c1-32-25-13-14-27-26(19-25)23(15-17-30-27)7-2-5-21-9-11-22(12-10-21)6-4-18-33-28(31)24-8-3-16-29-20-24/h9-15,17,19,24,29H,2-8,16,18,20H2,1H3/t24-/m1/s1. The lowest BCUT2D eigenvalue weighted by Crippen LogP contribution is -2.35. The van der Waals surface area contributed by atoms with E-state index in [0.717, 1.165) is 69.3 Å². The molecule has 1 N–H and O–H groups in total. The van der Waals surface area contributed by atoms with Crippen LogP contribution in [0.15, 0.2) is 54.7 Å². The number of hydrogen-bond acceptors (Lipinski definition) is 5. The lowest BCUT2D eigenvalue weighted by Gasteiger charge is -2.21. The number of esters is 1. The Kier molecular flexibility index (Phi) is 8.31. The van der Waals surface area contributed by atoms with Gasteiger partial charge in [-0.2, -0.15) is 0 Å². The number of carbonyl (C=O) groups is 1. The number of nitrogens with one attached hydrogen (secondary N) is 1. The van der Waals surface area contributed by atoms with E-state index in [0.29, 0.717) is 6.61 Å². The van der Waals surface area contributed by atoms with Gasteiger partial charge >= 0.3 is 5.97 Å².